The predicted molar refractivity (Wildman–Crippen MR) is 112 cm³/mol. The summed E-state index contributed by atoms with van der Waals surface area (Å²) < 4.78 is 13.4. The number of carbonyl (C=O) groups excluding carboxylic acids is 1. The molecule has 3 aromatic rings. The minimum Gasteiger partial charge on any atom is -0.369 e. The van der Waals surface area contributed by atoms with Crippen molar-refractivity contribution in [1.29, 1.82) is 0 Å². The Kier molecular flexibility index (Phi) is 5.05. The predicted octanol–water partition coefficient (Wildman–Crippen LogP) is 4.01. The molecular formula is C22H25FN4O. The lowest BCUT2D eigenvalue weighted by Gasteiger charge is -2.36. The van der Waals surface area contributed by atoms with Gasteiger partial charge in [0.1, 0.15) is 11.5 Å². The largest absolute Gasteiger partial charge is 0.369 e. The molecule has 0 radical (unpaired) electrons. The third kappa shape index (κ3) is 3.73. The van der Waals surface area contributed by atoms with Gasteiger partial charge >= 0.3 is 0 Å². The lowest BCUT2D eigenvalue weighted by molar-refractivity contribution is 0.102. The summed E-state index contributed by atoms with van der Waals surface area (Å²) in [7, 11) is 0. The fourth-order valence-corrected chi connectivity index (χ4v) is 3.82. The Balaban J connectivity index is 1.47. The zero-order valence-electron chi connectivity index (χ0n) is 16.3. The smallest absolute Gasteiger partial charge is 0.272 e. The Hall–Kier alpha value is -2.86. The number of hydrogen-bond acceptors (Lipinski definition) is 3. The number of nitrogens with zero attached hydrogens (tertiary/aromatic N) is 2. The van der Waals surface area contributed by atoms with Gasteiger partial charge in [-0.05, 0) is 61.5 Å². The van der Waals surface area contributed by atoms with Crippen LogP contribution in [0.25, 0.3) is 10.9 Å². The lowest BCUT2D eigenvalue weighted by atomic mass is 10.1. The van der Waals surface area contributed by atoms with Gasteiger partial charge < -0.3 is 20.1 Å². The number of likely N-dealkylation sites (N-methyl/N-ethyl adjacent to an activating group) is 1. The van der Waals surface area contributed by atoms with Gasteiger partial charge in [-0.1, -0.05) is 6.92 Å². The minimum atomic E-state index is -0.315. The van der Waals surface area contributed by atoms with Gasteiger partial charge in [-0.3, -0.25) is 4.79 Å². The maximum absolute atomic E-state index is 13.4. The molecule has 1 fully saturated rings. The van der Waals surface area contributed by atoms with Crippen LogP contribution in [0, 0.1) is 12.7 Å². The summed E-state index contributed by atoms with van der Waals surface area (Å²) in [6.45, 7) is 9.56. The molecule has 1 saturated heterocycles. The molecule has 0 saturated carbocycles. The molecular weight excluding hydrogens is 355 g/mol. The highest BCUT2D eigenvalue weighted by Gasteiger charge is 2.18. The van der Waals surface area contributed by atoms with E-state index in [-0.39, 0.29) is 11.7 Å². The molecule has 1 amide bonds. The van der Waals surface area contributed by atoms with Crippen LogP contribution in [0.5, 0.6) is 0 Å². The fourth-order valence-electron chi connectivity index (χ4n) is 3.82. The Labute approximate surface area is 164 Å². The molecule has 28 heavy (non-hydrogen) atoms. The van der Waals surface area contributed by atoms with E-state index in [1.807, 2.05) is 12.1 Å². The highest BCUT2D eigenvalue weighted by molar-refractivity contribution is 6.06. The summed E-state index contributed by atoms with van der Waals surface area (Å²) in [6, 6.07) is 12.1. The number of rotatable bonds is 4. The van der Waals surface area contributed by atoms with Gasteiger partial charge in [0.25, 0.3) is 5.91 Å². The molecule has 4 rings (SSSR count). The number of aryl methyl sites for hydroxylation is 1. The van der Waals surface area contributed by atoms with E-state index in [0.717, 1.165) is 49.5 Å². The van der Waals surface area contributed by atoms with E-state index in [9.17, 15) is 9.18 Å². The number of hydrogen-bond donors (Lipinski definition) is 2. The van der Waals surface area contributed by atoms with E-state index in [0.29, 0.717) is 11.1 Å². The maximum atomic E-state index is 13.4. The molecule has 5 nitrogen and oxygen atoms in total. The first kappa shape index (κ1) is 18.5. The Morgan fingerprint density at radius 2 is 1.89 bits per heavy atom. The van der Waals surface area contributed by atoms with Crippen LogP contribution in [0.15, 0.2) is 42.5 Å². The molecule has 0 unspecified atom stereocenters. The molecule has 6 heteroatoms. The molecule has 2 heterocycles. The summed E-state index contributed by atoms with van der Waals surface area (Å²) in [6.07, 6.45) is 0. The number of aromatic amines is 1. The highest BCUT2D eigenvalue weighted by atomic mass is 19.1. The number of nitrogens with one attached hydrogen (secondary N) is 2. The van der Waals surface area contributed by atoms with E-state index >= 15 is 0 Å². The summed E-state index contributed by atoms with van der Waals surface area (Å²) in [5, 5.41) is 3.61. The van der Waals surface area contributed by atoms with Gasteiger partial charge in [0.2, 0.25) is 0 Å². The first-order valence-corrected chi connectivity index (χ1v) is 9.71. The summed E-state index contributed by atoms with van der Waals surface area (Å²) >= 11 is 0. The average Bonchev–Trinajstić information content (AvgIpc) is 3.12. The van der Waals surface area contributed by atoms with E-state index in [4.69, 9.17) is 0 Å². The van der Waals surface area contributed by atoms with Gasteiger partial charge in [0, 0.05) is 48.5 Å². The molecule has 0 atom stereocenters. The lowest BCUT2D eigenvalue weighted by Crippen LogP contribution is -2.46. The van der Waals surface area contributed by atoms with Crippen LogP contribution in [-0.2, 0) is 0 Å². The van der Waals surface area contributed by atoms with Gasteiger partial charge in [-0.15, -0.1) is 0 Å². The second-order valence-corrected chi connectivity index (χ2v) is 7.29. The van der Waals surface area contributed by atoms with Crippen LogP contribution in [-0.4, -0.2) is 48.5 Å². The zero-order valence-corrected chi connectivity index (χ0v) is 16.3. The summed E-state index contributed by atoms with van der Waals surface area (Å²) in [4.78, 5) is 20.5. The number of benzene rings is 2. The van der Waals surface area contributed by atoms with Gasteiger partial charge in [-0.2, -0.15) is 0 Å². The molecule has 1 aliphatic heterocycles. The van der Waals surface area contributed by atoms with E-state index in [2.05, 4.69) is 40.0 Å². The second-order valence-electron chi connectivity index (χ2n) is 7.29. The Morgan fingerprint density at radius 1 is 1.11 bits per heavy atom. The number of carbonyl (C=O) groups is 1. The normalized spacial score (nSPS) is 15.2. The first-order chi connectivity index (χ1) is 13.5. The van der Waals surface area contributed by atoms with Crippen molar-refractivity contribution < 1.29 is 9.18 Å². The Morgan fingerprint density at radius 3 is 2.61 bits per heavy atom. The van der Waals surface area contributed by atoms with Crippen molar-refractivity contribution in [3.8, 4) is 0 Å². The molecule has 2 aromatic carbocycles. The van der Waals surface area contributed by atoms with Crippen LogP contribution >= 0.6 is 0 Å². The molecule has 2 N–H and O–H groups in total. The van der Waals surface area contributed by atoms with Crippen LogP contribution in [0.3, 0.4) is 0 Å². The van der Waals surface area contributed by atoms with Crippen molar-refractivity contribution in [3.63, 3.8) is 0 Å². The SMILES string of the molecule is CCN1CCN(c2ccc(NC(=O)c3cc4cc(F)ccc4[nH]3)cc2C)CC1. The van der Waals surface area contributed by atoms with Crippen molar-refractivity contribution >= 4 is 28.2 Å². The van der Waals surface area contributed by atoms with Gasteiger partial charge in [-0.25, -0.2) is 4.39 Å². The number of fused-ring (bicyclic) bond motifs is 1. The number of amides is 1. The minimum absolute atomic E-state index is 0.236. The number of anilines is 2. The number of piperazine rings is 1. The van der Waals surface area contributed by atoms with Crippen molar-refractivity contribution in [2.45, 2.75) is 13.8 Å². The van der Waals surface area contributed by atoms with E-state index < -0.39 is 0 Å². The number of H-pyrrole nitrogens is 1. The van der Waals surface area contributed by atoms with Crippen molar-refractivity contribution in [1.82, 2.24) is 9.88 Å². The van der Waals surface area contributed by atoms with Crippen LogP contribution in [0.4, 0.5) is 15.8 Å². The second kappa shape index (κ2) is 7.64. The third-order valence-corrected chi connectivity index (χ3v) is 5.44. The number of aromatic nitrogens is 1. The van der Waals surface area contributed by atoms with E-state index in [1.54, 1.807) is 12.1 Å². The quantitative estimate of drug-likeness (QED) is 0.719. The fraction of sp³-hybridized carbons (Fsp3) is 0.318. The molecule has 1 aliphatic rings. The monoisotopic (exact) mass is 380 g/mol. The number of halogens is 1. The summed E-state index contributed by atoms with van der Waals surface area (Å²) in [5.41, 5.74) is 4.27. The van der Waals surface area contributed by atoms with Crippen LogP contribution < -0.4 is 10.2 Å². The van der Waals surface area contributed by atoms with Gasteiger partial charge in [0.15, 0.2) is 0 Å². The van der Waals surface area contributed by atoms with Crippen molar-refractivity contribution in [2.24, 2.45) is 0 Å². The first-order valence-electron chi connectivity index (χ1n) is 9.71. The standard InChI is InChI=1S/C22H25FN4O/c1-3-26-8-10-27(11-9-26)21-7-5-18(12-15(21)2)24-22(28)20-14-16-13-17(23)4-6-19(16)25-20/h4-7,12-14,25H,3,8-11H2,1-2H3,(H,24,28). The molecule has 1 aromatic heterocycles. The molecule has 0 aliphatic carbocycles. The highest BCUT2D eigenvalue weighted by Crippen LogP contribution is 2.25. The Bertz CT molecular complexity index is 1000. The van der Waals surface area contributed by atoms with Crippen LogP contribution in [0.1, 0.15) is 23.0 Å². The van der Waals surface area contributed by atoms with Crippen LogP contribution in [0.2, 0.25) is 0 Å². The van der Waals surface area contributed by atoms with Crippen molar-refractivity contribution in [2.75, 3.05) is 42.9 Å². The van der Waals surface area contributed by atoms with Crippen molar-refractivity contribution in [3.05, 3.63) is 59.5 Å². The molecule has 0 spiro atoms. The zero-order chi connectivity index (χ0) is 19.7. The average molecular weight is 380 g/mol. The van der Waals surface area contributed by atoms with Gasteiger partial charge in [0.05, 0.1) is 0 Å². The summed E-state index contributed by atoms with van der Waals surface area (Å²) in [5.74, 6) is -0.551. The topological polar surface area (TPSA) is 51.4 Å². The molecule has 146 valence electrons. The third-order valence-electron chi connectivity index (χ3n) is 5.44. The molecule has 0 bridgehead atoms. The maximum Gasteiger partial charge on any atom is 0.272 e. The van der Waals surface area contributed by atoms with E-state index in [1.165, 1.54) is 17.8 Å².